The molecule has 0 radical (unpaired) electrons. The number of anilines is 1. The first-order chi connectivity index (χ1) is 16.0. The molecule has 1 amide bonds. The third-order valence-electron chi connectivity index (χ3n) is 5.21. The van der Waals surface area contributed by atoms with Crippen LogP contribution in [-0.2, 0) is 24.9 Å². The fourth-order valence-corrected chi connectivity index (χ4v) is 3.33. The standard InChI is InChI=1S/C24H24N6O3/c1-16-20(24(32)29-23(27-16)17-9-11-25-12-10-17)7-8-22(31)28-18-3-5-19(6-4-18)33-15-21-26-13-14-30(21)2/h3-6,9-14H,7-8,15H2,1-2H3,(H,28,31)(H,27,29,32). The first-order valence-electron chi connectivity index (χ1n) is 10.5. The Morgan fingerprint density at radius 3 is 2.55 bits per heavy atom. The van der Waals surface area contributed by atoms with E-state index in [1.807, 2.05) is 17.8 Å². The van der Waals surface area contributed by atoms with Crippen LogP contribution >= 0.6 is 0 Å². The second-order valence-corrected chi connectivity index (χ2v) is 7.53. The van der Waals surface area contributed by atoms with Crippen LogP contribution in [0.2, 0.25) is 0 Å². The zero-order chi connectivity index (χ0) is 23.2. The zero-order valence-electron chi connectivity index (χ0n) is 18.4. The van der Waals surface area contributed by atoms with E-state index in [2.05, 4.69) is 25.3 Å². The molecule has 2 N–H and O–H groups in total. The van der Waals surface area contributed by atoms with Crippen LogP contribution in [0.1, 0.15) is 23.5 Å². The van der Waals surface area contributed by atoms with Crippen LogP contribution in [0, 0.1) is 6.92 Å². The van der Waals surface area contributed by atoms with Gasteiger partial charge in [0.15, 0.2) is 0 Å². The summed E-state index contributed by atoms with van der Waals surface area (Å²) >= 11 is 0. The van der Waals surface area contributed by atoms with Crippen molar-refractivity contribution in [2.24, 2.45) is 7.05 Å². The smallest absolute Gasteiger partial charge is 0.254 e. The summed E-state index contributed by atoms with van der Waals surface area (Å²) in [7, 11) is 1.91. The number of aryl methyl sites for hydroxylation is 2. The van der Waals surface area contributed by atoms with Gasteiger partial charge in [-0.1, -0.05) is 0 Å². The van der Waals surface area contributed by atoms with E-state index in [0.29, 0.717) is 41.5 Å². The number of hydrogen-bond acceptors (Lipinski definition) is 6. The molecule has 0 aliphatic heterocycles. The number of ether oxygens (including phenoxy) is 1. The number of imidazole rings is 1. The molecule has 3 heterocycles. The Morgan fingerprint density at radius 2 is 1.88 bits per heavy atom. The first kappa shape index (κ1) is 21.9. The number of aromatic amines is 1. The van der Waals surface area contributed by atoms with Crippen molar-refractivity contribution in [3.8, 4) is 17.1 Å². The van der Waals surface area contributed by atoms with Crippen molar-refractivity contribution in [3.05, 3.63) is 88.6 Å². The lowest BCUT2D eigenvalue weighted by Crippen LogP contribution is -2.20. The van der Waals surface area contributed by atoms with Crippen molar-refractivity contribution in [1.29, 1.82) is 0 Å². The summed E-state index contributed by atoms with van der Waals surface area (Å²) in [4.78, 5) is 40.4. The van der Waals surface area contributed by atoms with E-state index in [9.17, 15) is 9.59 Å². The lowest BCUT2D eigenvalue weighted by molar-refractivity contribution is -0.116. The van der Waals surface area contributed by atoms with Gasteiger partial charge < -0.3 is 19.6 Å². The van der Waals surface area contributed by atoms with Crippen LogP contribution in [0.15, 0.2) is 66.0 Å². The molecular formula is C24H24N6O3. The van der Waals surface area contributed by atoms with E-state index < -0.39 is 0 Å². The molecule has 0 spiro atoms. The number of pyridine rings is 1. The van der Waals surface area contributed by atoms with E-state index in [1.54, 1.807) is 61.9 Å². The summed E-state index contributed by atoms with van der Waals surface area (Å²) in [6.45, 7) is 2.13. The minimum absolute atomic E-state index is 0.164. The molecule has 9 heteroatoms. The number of hydrogen-bond donors (Lipinski definition) is 2. The third-order valence-corrected chi connectivity index (χ3v) is 5.21. The molecule has 168 valence electrons. The average molecular weight is 444 g/mol. The van der Waals surface area contributed by atoms with Gasteiger partial charge >= 0.3 is 0 Å². The number of amides is 1. The van der Waals surface area contributed by atoms with Gasteiger partial charge in [0.05, 0.1) is 0 Å². The molecule has 0 saturated carbocycles. The highest BCUT2D eigenvalue weighted by atomic mass is 16.5. The highest BCUT2D eigenvalue weighted by Crippen LogP contribution is 2.18. The molecule has 0 aliphatic carbocycles. The predicted molar refractivity (Wildman–Crippen MR) is 124 cm³/mol. The second-order valence-electron chi connectivity index (χ2n) is 7.53. The summed E-state index contributed by atoms with van der Waals surface area (Å²) in [5, 5.41) is 2.84. The summed E-state index contributed by atoms with van der Waals surface area (Å²) in [5.41, 5.74) is 2.30. The third kappa shape index (κ3) is 5.51. The summed E-state index contributed by atoms with van der Waals surface area (Å²) in [6.07, 6.45) is 7.32. The fraction of sp³-hybridized carbons (Fsp3) is 0.208. The maximum absolute atomic E-state index is 12.5. The van der Waals surface area contributed by atoms with E-state index in [1.165, 1.54) is 0 Å². The number of carbonyl (C=O) groups is 1. The van der Waals surface area contributed by atoms with Gasteiger partial charge in [0, 0.05) is 60.8 Å². The van der Waals surface area contributed by atoms with Crippen molar-refractivity contribution in [3.63, 3.8) is 0 Å². The average Bonchev–Trinajstić information content (AvgIpc) is 3.23. The maximum Gasteiger partial charge on any atom is 0.254 e. The highest BCUT2D eigenvalue weighted by molar-refractivity contribution is 5.90. The zero-order valence-corrected chi connectivity index (χ0v) is 18.4. The molecule has 0 bridgehead atoms. The van der Waals surface area contributed by atoms with Gasteiger partial charge in [0.2, 0.25) is 5.91 Å². The molecule has 0 atom stereocenters. The van der Waals surface area contributed by atoms with Gasteiger partial charge in [-0.25, -0.2) is 9.97 Å². The summed E-state index contributed by atoms with van der Waals surface area (Å²) in [6, 6.07) is 10.7. The van der Waals surface area contributed by atoms with Gasteiger partial charge in [-0.3, -0.25) is 14.6 Å². The van der Waals surface area contributed by atoms with Crippen LogP contribution in [0.3, 0.4) is 0 Å². The maximum atomic E-state index is 12.5. The Balaban J connectivity index is 1.32. The lowest BCUT2D eigenvalue weighted by Gasteiger charge is -2.09. The molecule has 0 aliphatic rings. The van der Waals surface area contributed by atoms with Crippen LogP contribution in [-0.4, -0.2) is 30.4 Å². The van der Waals surface area contributed by atoms with Crippen molar-refractivity contribution in [1.82, 2.24) is 24.5 Å². The van der Waals surface area contributed by atoms with Crippen LogP contribution in [0.25, 0.3) is 11.4 Å². The quantitative estimate of drug-likeness (QED) is 0.432. The lowest BCUT2D eigenvalue weighted by atomic mass is 10.1. The molecule has 0 unspecified atom stereocenters. The molecule has 0 saturated heterocycles. The van der Waals surface area contributed by atoms with E-state index in [4.69, 9.17) is 4.74 Å². The minimum atomic E-state index is -0.240. The number of benzene rings is 1. The van der Waals surface area contributed by atoms with Crippen LogP contribution < -0.4 is 15.6 Å². The van der Waals surface area contributed by atoms with Gasteiger partial charge in [-0.2, -0.15) is 0 Å². The van der Waals surface area contributed by atoms with Gasteiger partial charge in [0.25, 0.3) is 5.56 Å². The molecule has 4 aromatic rings. The molecule has 33 heavy (non-hydrogen) atoms. The van der Waals surface area contributed by atoms with Crippen molar-refractivity contribution >= 4 is 11.6 Å². The second kappa shape index (κ2) is 9.90. The van der Waals surface area contributed by atoms with Gasteiger partial charge in [-0.15, -0.1) is 0 Å². The Kier molecular flexibility index (Phi) is 6.58. The molecule has 4 rings (SSSR count). The summed E-state index contributed by atoms with van der Waals surface area (Å²) < 4.78 is 7.61. The number of nitrogens with zero attached hydrogens (tertiary/aromatic N) is 4. The summed E-state index contributed by atoms with van der Waals surface area (Å²) in [5.74, 6) is 1.80. The molecule has 0 fully saturated rings. The fourth-order valence-electron chi connectivity index (χ4n) is 3.33. The van der Waals surface area contributed by atoms with E-state index in [0.717, 1.165) is 11.4 Å². The van der Waals surface area contributed by atoms with Crippen molar-refractivity contribution < 1.29 is 9.53 Å². The monoisotopic (exact) mass is 444 g/mol. The Hall–Kier alpha value is -4.27. The molecule has 1 aromatic carbocycles. The van der Waals surface area contributed by atoms with E-state index >= 15 is 0 Å². The number of aromatic nitrogens is 5. The first-order valence-corrected chi connectivity index (χ1v) is 10.5. The van der Waals surface area contributed by atoms with Crippen LogP contribution in [0.5, 0.6) is 5.75 Å². The number of rotatable bonds is 8. The molecule has 9 nitrogen and oxygen atoms in total. The largest absolute Gasteiger partial charge is 0.486 e. The number of nitrogens with one attached hydrogen (secondary N) is 2. The van der Waals surface area contributed by atoms with E-state index in [-0.39, 0.29) is 17.9 Å². The van der Waals surface area contributed by atoms with Gasteiger partial charge in [0.1, 0.15) is 24.0 Å². The Labute approximate surface area is 190 Å². The Morgan fingerprint density at radius 1 is 1.12 bits per heavy atom. The normalized spacial score (nSPS) is 10.7. The predicted octanol–water partition coefficient (Wildman–Crippen LogP) is 3.02. The molecular weight excluding hydrogens is 420 g/mol. The topological polar surface area (TPSA) is 115 Å². The van der Waals surface area contributed by atoms with Crippen LogP contribution in [0.4, 0.5) is 5.69 Å². The Bertz CT molecular complexity index is 1300. The SMILES string of the molecule is Cc1nc(-c2ccncc2)[nH]c(=O)c1CCC(=O)Nc1ccc(OCc2nccn2C)cc1. The highest BCUT2D eigenvalue weighted by Gasteiger charge is 2.12. The van der Waals surface area contributed by atoms with Crippen molar-refractivity contribution in [2.75, 3.05) is 5.32 Å². The number of carbonyl (C=O) groups excluding carboxylic acids is 1. The molecule has 3 aromatic heterocycles. The van der Waals surface area contributed by atoms with Gasteiger partial charge in [-0.05, 0) is 49.7 Å². The van der Waals surface area contributed by atoms with Crippen molar-refractivity contribution in [2.45, 2.75) is 26.4 Å². The minimum Gasteiger partial charge on any atom is -0.486 e. The number of H-pyrrole nitrogens is 1.